The highest BCUT2D eigenvalue weighted by atomic mass is 35.5. The molecule has 0 aromatic heterocycles. The average Bonchev–Trinajstić information content (AvgIpc) is 2.67. The van der Waals surface area contributed by atoms with E-state index in [1.165, 1.54) is 24.0 Å². The standard InChI is InChI=1S/C20H16ClF3N2O4/c1-11(27)12-2-5-17-16(8-12)26(19(29)10-30-17)7-6-18(28)25-15-4-3-13(21)9-14(15)20(22,23)24/h2-5,8-9H,6-7,10H2,1H3,(H,25,28). The van der Waals surface area contributed by atoms with Crippen LogP contribution in [0.4, 0.5) is 24.5 Å². The van der Waals surface area contributed by atoms with Crippen molar-refractivity contribution in [2.45, 2.75) is 19.5 Å². The lowest BCUT2D eigenvalue weighted by Crippen LogP contribution is -2.40. The molecule has 2 aromatic rings. The number of Topliss-reactive ketones (excluding diaryl/α,β-unsaturated/α-hetero) is 1. The van der Waals surface area contributed by atoms with Gasteiger partial charge in [0.15, 0.2) is 12.4 Å². The lowest BCUT2D eigenvalue weighted by atomic mass is 10.1. The number of carbonyl (C=O) groups is 3. The molecule has 0 saturated carbocycles. The fourth-order valence-corrected chi connectivity index (χ4v) is 3.12. The van der Waals surface area contributed by atoms with Crippen molar-refractivity contribution in [3.8, 4) is 5.75 Å². The Kier molecular flexibility index (Phi) is 6.02. The average molecular weight is 441 g/mol. The smallest absolute Gasteiger partial charge is 0.418 e. The monoisotopic (exact) mass is 440 g/mol. The molecule has 0 radical (unpaired) electrons. The van der Waals surface area contributed by atoms with Gasteiger partial charge in [-0.3, -0.25) is 14.4 Å². The van der Waals surface area contributed by atoms with Gasteiger partial charge < -0.3 is 15.0 Å². The van der Waals surface area contributed by atoms with E-state index in [0.29, 0.717) is 17.0 Å². The molecule has 2 amide bonds. The van der Waals surface area contributed by atoms with Gasteiger partial charge in [0, 0.05) is 23.6 Å². The Labute approximate surface area is 174 Å². The molecule has 0 spiro atoms. The minimum atomic E-state index is -4.70. The van der Waals surface area contributed by atoms with Crippen molar-refractivity contribution in [3.05, 3.63) is 52.5 Å². The number of nitrogens with one attached hydrogen (secondary N) is 1. The number of hydrogen-bond acceptors (Lipinski definition) is 4. The summed E-state index contributed by atoms with van der Waals surface area (Å²) >= 11 is 5.63. The number of amides is 2. The van der Waals surface area contributed by atoms with Gasteiger partial charge in [-0.25, -0.2) is 0 Å². The highest BCUT2D eigenvalue weighted by Gasteiger charge is 2.34. The predicted molar refractivity (Wildman–Crippen MR) is 104 cm³/mol. The summed E-state index contributed by atoms with van der Waals surface area (Å²) in [6.07, 6.45) is -4.97. The SMILES string of the molecule is CC(=O)c1ccc2c(c1)N(CCC(=O)Nc1ccc(Cl)cc1C(F)(F)F)C(=O)CO2. The van der Waals surface area contributed by atoms with E-state index in [9.17, 15) is 27.6 Å². The van der Waals surface area contributed by atoms with E-state index in [1.54, 1.807) is 12.1 Å². The van der Waals surface area contributed by atoms with E-state index in [0.717, 1.165) is 12.1 Å². The predicted octanol–water partition coefficient (Wildman–Crippen LogP) is 4.32. The van der Waals surface area contributed by atoms with Crippen LogP contribution in [0, 0.1) is 0 Å². The van der Waals surface area contributed by atoms with Crippen LogP contribution in [0.2, 0.25) is 5.02 Å². The Bertz CT molecular complexity index is 1020. The van der Waals surface area contributed by atoms with E-state index in [1.807, 2.05) is 0 Å². The molecule has 6 nitrogen and oxygen atoms in total. The first-order chi connectivity index (χ1) is 14.1. The van der Waals surface area contributed by atoms with Crippen LogP contribution in [0.5, 0.6) is 5.75 Å². The number of alkyl halides is 3. The lowest BCUT2D eigenvalue weighted by molar-refractivity contribution is -0.137. The van der Waals surface area contributed by atoms with Crippen LogP contribution in [0.25, 0.3) is 0 Å². The fraction of sp³-hybridized carbons (Fsp3) is 0.250. The van der Waals surface area contributed by atoms with E-state index in [-0.39, 0.29) is 30.4 Å². The fourth-order valence-electron chi connectivity index (χ4n) is 2.95. The first-order valence-corrected chi connectivity index (χ1v) is 9.19. The molecule has 0 unspecified atom stereocenters. The normalized spacial score (nSPS) is 13.5. The summed E-state index contributed by atoms with van der Waals surface area (Å²) in [6.45, 7) is 1.02. The molecule has 1 heterocycles. The third kappa shape index (κ3) is 4.73. The highest BCUT2D eigenvalue weighted by Crippen LogP contribution is 2.37. The zero-order valence-electron chi connectivity index (χ0n) is 15.7. The van der Waals surface area contributed by atoms with Crippen LogP contribution in [0.1, 0.15) is 29.3 Å². The zero-order valence-corrected chi connectivity index (χ0v) is 16.4. The minimum Gasteiger partial charge on any atom is -0.482 e. The summed E-state index contributed by atoms with van der Waals surface area (Å²) < 4.78 is 44.8. The first kappa shape index (κ1) is 21.6. The number of hydrogen-bond donors (Lipinski definition) is 1. The van der Waals surface area contributed by atoms with Crippen molar-refractivity contribution >= 4 is 40.6 Å². The van der Waals surface area contributed by atoms with Gasteiger partial charge in [0.05, 0.1) is 16.9 Å². The quantitative estimate of drug-likeness (QED) is 0.703. The second-order valence-electron chi connectivity index (χ2n) is 6.56. The number of rotatable bonds is 5. The number of nitrogens with zero attached hydrogens (tertiary/aromatic N) is 1. The third-order valence-corrected chi connectivity index (χ3v) is 4.67. The van der Waals surface area contributed by atoms with E-state index < -0.39 is 29.2 Å². The van der Waals surface area contributed by atoms with Gasteiger partial charge in [-0.05, 0) is 43.3 Å². The Morgan fingerprint density at radius 2 is 1.93 bits per heavy atom. The first-order valence-electron chi connectivity index (χ1n) is 8.81. The molecule has 3 rings (SSSR count). The number of carbonyl (C=O) groups excluding carboxylic acids is 3. The van der Waals surface area contributed by atoms with Gasteiger partial charge in [-0.2, -0.15) is 13.2 Å². The highest BCUT2D eigenvalue weighted by molar-refractivity contribution is 6.30. The van der Waals surface area contributed by atoms with Crippen LogP contribution in [0.15, 0.2) is 36.4 Å². The summed E-state index contributed by atoms with van der Waals surface area (Å²) in [5.41, 5.74) is -0.807. The molecule has 0 aliphatic carbocycles. The molecule has 0 fully saturated rings. The number of benzene rings is 2. The van der Waals surface area contributed by atoms with Crippen molar-refractivity contribution in [1.29, 1.82) is 0 Å². The van der Waals surface area contributed by atoms with Crippen LogP contribution in [-0.2, 0) is 15.8 Å². The minimum absolute atomic E-state index is 0.0999. The van der Waals surface area contributed by atoms with Crippen molar-refractivity contribution in [2.75, 3.05) is 23.4 Å². The molecular weight excluding hydrogens is 425 g/mol. The van der Waals surface area contributed by atoms with Gasteiger partial charge in [-0.15, -0.1) is 0 Å². The molecule has 10 heteroatoms. The summed E-state index contributed by atoms with van der Waals surface area (Å²) in [5.74, 6) is -0.988. The molecule has 1 N–H and O–H groups in total. The number of ether oxygens (including phenoxy) is 1. The van der Waals surface area contributed by atoms with Gasteiger partial charge in [0.1, 0.15) is 5.75 Å². The van der Waals surface area contributed by atoms with Gasteiger partial charge >= 0.3 is 6.18 Å². The topological polar surface area (TPSA) is 75.7 Å². The van der Waals surface area contributed by atoms with Crippen LogP contribution >= 0.6 is 11.6 Å². The Balaban J connectivity index is 1.75. The van der Waals surface area contributed by atoms with Crippen molar-refractivity contribution < 1.29 is 32.3 Å². The van der Waals surface area contributed by atoms with Gasteiger partial charge in [0.2, 0.25) is 5.91 Å². The second kappa shape index (κ2) is 8.35. The maximum absolute atomic E-state index is 13.2. The Morgan fingerprint density at radius 3 is 2.60 bits per heavy atom. The van der Waals surface area contributed by atoms with E-state index >= 15 is 0 Å². The number of fused-ring (bicyclic) bond motifs is 1. The molecule has 30 heavy (non-hydrogen) atoms. The van der Waals surface area contributed by atoms with Crippen LogP contribution < -0.4 is 15.0 Å². The lowest BCUT2D eigenvalue weighted by Gasteiger charge is -2.29. The molecule has 1 aliphatic heterocycles. The molecule has 158 valence electrons. The summed E-state index contributed by atoms with van der Waals surface area (Å²) in [6, 6.07) is 7.61. The molecular formula is C20H16ClF3N2O4. The van der Waals surface area contributed by atoms with Gasteiger partial charge in [0.25, 0.3) is 5.91 Å². The molecule has 0 saturated heterocycles. The zero-order chi connectivity index (χ0) is 22.1. The molecule has 2 aromatic carbocycles. The number of halogens is 4. The third-order valence-electron chi connectivity index (χ3n) is 4.43. The van der Waals surface area contributed by atoms with Crippen molar-refractivity contribution in [3.63, 3.8) is 0 Å². The van der Waals surface area contributed by atoms with Crippen LogP contribution in [0.3, 0.4) is 0 Å². The molecule has 1 aliphatic rings. The molecule has 0 atom stereocenters. The second-order valence-corrected chi connectivity index (χ2v) is 7.00. The Hall–Kier alpha value is -3.07. The van der Waals surface area contributed by atoms with Crippen molar-refractivity contribution in [1.82, 2.24) is 0 Å². The van der Waals surface area contributed by atoms with Crippen LogP contribution in [-0.4, -0.2) is 30.7 Å². The maximum atomic E-state index is 13.2. The number of anilines is 2. The van der Waals surface area contributed by atoms with E-state index in [4.69, 9.17) is 16.3 Å². The Morgan fingerprint density at radius 1 is 1.20 bits per heavy atom. The summed E-state index contributed by atoms with van der Waals surface area (Å²) in [7, 11) is 0. The largest absolute Gasteiger partial charge is 0.482 e. The van der Waals surface area contributed by atoms with E-state index in [2.05, 4.69) is 5.32 Å². The summed E-state index contributed by atoms with van der Waals surface area (Å²) in [5, 5.41) is 2.10. The van der Waals surface area contributed by atoms with Crippen molar-refractivity contribution in [2.24, 2.45) is 0 Å². The number of ketones is 1. The maximum Gasteiger partial charge on any atom is 0.418 e. The molecule has 0 bridgehead atoms. The summed E-state index contributed by atoms with van der Waals surface area (Å²) in [4.78, 5) is 37.4. The van der Waals surface area contributed by atoms with Gasteiger partial charge in [-0.1, -0.05) is 11.6 Å².